The van der Waals surface area contributed by atoms with Gasteiger partial charge in [-0.1, -0.05) is 12.1 Å². The number of carbonyl (C=O) groups is 1. The Kier molecular flexibility index (Phi) is 7.26. The van der Waals surface area contributed by atoms with Crippen molar-refractivity contribution in [3.05, 3.63) is 65.5 Å². The Morgan fingerprint density at radius 2 is 1.59 bits per heavy atom. The van der Waals surface area contributed by atoms with E-state index < -0.39 is 0 Å². The summed E-state index contributed by atoms with van der Waals surface area (Å²) in [7, 11) is 2.04. The number of benzene rings is 2. The van der Waals surface area contributed by atoms with Crippen LogP contribution in [0.4, 0.5) is 17.1 Å². The molecule has 2 aromatic rings. The van der Waals surface area contributed by atoms with Crippen molar-refractivity contribution in [1.29, 1.82) is 0 Å². The number of likely N-dealkylation sites (N-methyl/N-ethyl adjacent to an activating group) is 1. The van der Waals surface area contributed by atoms with Gasteiger partial charge in [0.1, 0.15) is 0 Å². The standard InChI is InChI=1S/C32H42N6O/c1-24-20-32(23-38(24)30-10-6-26(33-2)7-11-30)14-18-35(19-15-32)28-8-4-25(5-9-28)31(39)36-16-12-29(13-17-36)37-21-27(22-37)34-3/h4-11,24,27,29,34H,12-23H2,1,3H3/t24-/m0/s1. The number of nitrogens with one attached hydrogen (secondary N) is 1. The quantitative estimate of drug-likeness (QED) is 0.576. The summed E-state index contributed by atoms with van der Waals surface area (Å²) in [5, 5.41) is 3.35. The zero-order valence-corrected chi connectivity index (χ0v) is 23.5. The monoisotopic (exact) mass is 526 g/mol. The third kappa shape index (κ3) is 5.25. The summed E-state index contributed by atoms with van der Waals surface area (Å²) in [4.78, 5) is 26.4. The Labute approximate surface area is 233 Å². The maximum atomic E-state index is 13.2. The van der Waals surface area contributed by atoms with Gasteiger partial charge in [-0.05, 0) is 87.9 Å². The van der Waals surface area contributed by atoms with Crippen LogP contribution in [0.25, 0.3) is 4.85 Å². The molecule has 0 bridgehead atoms. The molecule has 7 heteroatoms. The Morgan fingerprint density at radius 1 is 0.949 bits per heavy atom. The smallest absolute Gasteiger partial charge is 0.253 e. The van der Waals surface area contributed by atoms with Gasteiger partial charge in [0.25, 0.3) is 5.91 Å². The van der Waals surface area contributed by atoms with Crippen molar-refractivity contribution in [2.45, 2.75) is 57.2 Å². The van der Waals surface area contributed by atoms with Crippen LogP contribution >= 0.6 is 0 Å². The molecular formula is C32H42N6O. The molecule has 0 unspecified atom stereocenters. The van der Waals surface area contributed by atoms with Crippen LogP contribution in [0.15, 0.2) is 48.5 Å². The summed E-state index contributed by atoms with van der Waals surface area (Å²) < 4.78 is 0. The Morgan fingerprint density at radius 3 is 2.21 bits per heavy atom. The van der Waals surface area contributed by atoms with E-state index in [2.05, 4.69) is 56.1 Å². The molecule has 6 rings (SSSR count). The van der Waals surface area contributed by atoms with E-state index in [1.54, 1.807) is 0 Å². The highest BCUT2D eigenvalue weighted by molar-refractivity contribution is 5.94. The number of amides is 1. The van der Waals surface area contributed by atoms with Gasteiger partial charge < -0.3 is 20.0 Å². The molecule has 1 amide bonds. The van der Waals surface area contributed by atoms with Gasteiger partial charge in [0.05, 0.1) is 6.57 Å². The molecule has 1 atom stereocenters. The minimum absolute atomic E-state index is 0.179. The molecule has 4 aliphatic heterocycles. The van der Waals surface area contributed by atoms with E-state index in [1.807, 2.05) is 36.2 Å². The molecule has 1 N–H and O–H groups in total. The molecule has 0 radical (unpaired) electrons. The molecular weight excluding hydrogens is 484 g/mol. The molecule has 4 heterocycles. The first-order valence-corrected chi connectivity index (χ1v) is 14.8. The van der Waals surface area contributed by atoms with E-state index in [0.717, 1.165) is 64.2 Å². The number of hydrogen-bond acceptors (Lipinski definition) is 5. The highest BCUT2D eigenvalue weighted by Gasteiger charge is 2.44. The summed E-state index contributed by atoms with van der Waals surface area (Å²) in [5.74, 6) is 0.179. The van der Waals surface area contributed by atoms with E-state index in [1.165, 1.54) is 30.6 Å². The van der Waals surface area contributed by atoms with Crippen LogP contribution in [-0.2, 0) is 0 Å². The fraction of sp³-hybridized carbons (Fsp3) is 0.562. The third-order valence-electron chi connectivity index (χ3n) is 9.97. The Bertz CT molecular complexity index is 1180. The number of likely N-dealkylation sites (tertiary alicyclic amines) is 2. The first-order valence-electron chi connectivity index (χ1n) is 14.8. The van der Waals surface area contributed by atoms with Crippen LogP contribution in [0.1, 0.15) is 49.4 Å². The summed E-state index contributed by atoms with van der Waals surface area (Å²) in [6.45, 7) is 16.8. The first kappa shape index (κ1) is 26.2. The van der Waals surface area contributed by atoms with Crippen molar-refractivity contribution >= 4 is 23.0 Å². The highest BCUT2D eigenvalue weighted by atomic mass is 16.2. The molecule has 4 fully saturated rings. The zero-order chi connectivity index (χ0) is 27.0. The first-order chi connectivity index (χ1) is 19.0. The molecule has 39 heavy (non-hydrogen) atoms. The van der Waals surface area contributed by atoms with Gasteiger partial charge in [-0.15, -0.1) is 0 Å². The second-order valence-corrected chi connectivity index (χ2v) is 12.3. The van der Waals surface area contributed by atoms with Crippen LogP contribution in [0.5, 0.6) is 0 Å². The van der Waals surface area contributed by atoms with Crippen LogP contribution in [0.3, 0.4) is 0 Å². The topological polar surface area (TPSA) is 46.4 Å². The van der Waals surface area contributed by atoms with Gasteiger partial charge in [0.2, 0.25) is 0 Å². The number of carbonyl (C=O) groups excluding carboxylic acids is 1. The average molecular weight is 527 g/mol. The van der Waals surface area contributed by atoms with Crippen LogP contribution in [-0.4, -0.2) is 86.7 Å². The highest BCUT2D eigenvalue weighted by Crippen LogP contribution is 2.45. The zero-order valence-electron chi connectivity index (χ0n) is 23.5. The van der Waals surface area contributed by atoms with Crippen molar-refractivity contribution in [2.24, 2.45) is 5.41 Å². The molecule has 206 valence electrons. The summed E-state index contributed by atoms with van der Waals surface area (Å²) in [6.07, 6.45) is 5.77. The minimum atomic E-state index is 0.179. The average Bonchev–Trinajstić information content (AvgIpc) is 3.28. The van der Waals surface area contributed by atoms with E-state index in [-0.39, 0.29) is 5.91 Å². The van der Waals surface area contributed by atoms with Crippen molar-refractivity contribution in [1.82, 2.24) is 15.1 Å². The largest absolute Gasteiger partial charge is 0.371 e. The third-order valence-corrected chi connectivity index (χ3v) is 9.97. The van der Waals surface area contributed by atoms with Gasteiger partial charge in [0, 0.05) is 80.9 Å². The second-order valence-electron chi connectivity index (χ2n) is 12.3. The maximum Gasteiger partial charge on any atom is 0.253 e. The lowest BCUT2D eigenvalue weighted by Gasteiger charge is -2.47. The fourth-order valence-corrected chi connectivity index (χ4v) is 7.41. The maximum absolute atomic E-state index is 13.2. The summed E-state index contributed by atoms with van der Waals surface area (Å²) >= 11 is 0. The van der Waals surface area contributed by atoms with Gasteiger partial charge in [-0.2, -0.15) is 0 Å². The number of nitrogens with zero attached hydrogens (tertiary/aromatic N) is 5. The number of piperidine rings is 2. The van der Waals surface area contributed by atoms with Gasteiger partial charge in [-0.3, -0.25) is 9.69 Å². The second kappa shape index (κ2) is 10.8. The number of rotatable bonds is 5. The molecule has 1 spiro atoms. The van der Waals surface area contributed by atoms with Crippen LogP contribution < -0.4 is 15.1 Å². The van der Waals surface area contributed by atoms with Crippen molar-refractivity contribution in [2.75, 3.05) is 62.7 Å². The molecule has 7 nitrogen and oxygen atoms in total. The molecule has 4 saturated heterocycles. The van der Waals surface area contributed by atoms with Gasteiger partial charge in [0.15, 0.2) is 5.69 Å². The molecule has 4 aliphatic rings. The lowest BCUT2D eigenvalue weighted by Crippen LogP contribution is -2.62. The predicted octanol–water partition coefficient (Wildman–Crippen LogP) is 4.63. The molecule has 0 saturated carbocycles. The van der Waals surface area contributed by atoms with Crippen molar-refractivity contribution in [3.63, 3.8) is 0 Å². The number of anilines is 2. The number of hydrogen-bond donors (Lipinski definition) is 1. The Hall–Kier alpha value is -3.08. The molecule has 0 aromatic heterocycles. The minimum Gasteiger partial charge on any atom is -0.371 e. The van der Waals surface area contributed by atoms with E-state index in [0.29, 0.717) is 29.2 Å². The lowest BCUT2D eigenvalue weighted by molar-refractivity contribution is 0.0349. The predicted molar refractivity (Wildman–Crippen MR) is 158 cm³/mol. The van der Waals surface area contributed by atoms with E-state index in [4.69, 9.17) is 6.57 Å². The lowest BCUT2D eigenvalue weighted by atomic mass is 9.76. The fourth-order valence-electron chi connectivity index (χ4n) is 7.41. The van der Waals surface area contributed by atoms with E-state index >= 15 is 0 Å². The van der Waals surface area contributed by atoms with Crippen molar-refractivity contribution < 1.29 is 4.79 Å². The van der Waals surface area contributed by atoms with Gasteiger partial charge in [-0.25, -0.2) is 4.85 Å². The summed E-state index contributed by atoms with van der Waals surface area (Å²) in [5.41, 5.74) is 4.35. The van der Waals surface area contributed by atoms with E-state index in [9.17, 15) is 4.79 Å². The molecule has 2 aromatic carbocycles. The van der Waals surface area contributed by atoms with Gasteiger partial charge >= 0.3 is 0 Å². The summed E-state index contributed by atoms with van der Waals surface area (Å²) in [6, 6.07) is 18.2. The van der Waals surface area contributed by atoms with Crippen LogP contribution in [0, 0.1) is 12.0 Å². The van der Waals surface area contributed by atoms with Crippen molar-refractivity contribution in [3.8, 4) is 0 Å². The Balaban J connectivity index is 1.00. The molecule has 0 aliphatic carbocycles. The SMILES string of the molecule is [C-]#[N+]c1ccc(N2CC3(CCN(c4ccc(C(=O)N5CCC(N6CC(NC)C6)CC5)cc4)CC3)C[C@@H]2C)cc1. The normalized spacial score (nSPS) is 24.1. The van der Waals surface area contributed by atoms with Crippen LogP contribution in [0.2, 0.25) is 0 Å².